The Morgan fingerprint density at radius 3 is 3.16 bits per heavy atom. The van der Waals surface area contributed by atoms with Crippen molar-refractivity contribution in [2.75, 3.05) is 0 Å². The minimum atomic E-state index is 0.856. The number of nitrogens with zero attached hydrogens (tertiary/aromatic N) is 3. The minimum absolute atomic E-state index is 0.856. The molecule has 0 atom stereocenters. The maximum absolute atomic E-state index is 6.02. The van der Waals surface area contributed by atoms with Crippen LogP contribution < -0.4 is 4.57 Å². The summed E-state index contributed by atoms with van der Waals surface area (Å²) in [6.07, 6.45) is 5.80. The SMILES string of the molecule is c1ccc2c(c1)C[n+]1c-2oc2cn3cccnc3c21. The summed E-state index contributed by atoms with van der Waals surface area (Å²) >= 11 is 0. The molecule has 1 aliphatic heterocycles. The Morgan fingerprint density at radius 2 is 2.16 bits per heavy atom. The Morgan fingerprint density at radius 1 is 1.21 bits per heavy atom. The Hall–Kier alpha value is -2.62. The summed E-state index contributed by atoms with van der Waals surface area (Å²) < 4.78 is 10.2. The lowest BCUT2D eigenvalue weighted by atomic mass is 10.1. The first kappa shape index (κ1) is 9.33. The monoisotopic (exact) mass is 248 g/mol. The fraction of sp³-hybridized carbons (Fsp3) is 0.0667. The molecular weight excluding hydrogens is 238 g/mol. The van der Waals surface area contributed by atoms with Crippen LogP contribution in [0.5, 0.6) is 0 Å². The van der Waals surface area contributed by atoms with E-state index in [9.17, 15) is 0 Å². The van der Waals surface area contributed by atoms with Gasteiger partial charge in [0.2, 0.25) is 11.2 Å². The molecule has 19 heavy (non-hydrogen) atoms. The minimum Gasteiger partial charge on any atom is -0.396 e. The molecule has 0 radical (unpaired) electrons. The van der Waals surface area contributed by atoms with Crippen LogP contribution >= 0.6 is 0 Å². The van der Waals surface area contributed by atoms with Gasteiger partial charge in [0, 0.05) is 18.0 Å². The Bertz CT molecular complexity index is 949. The van der Waals surface area contributed by atoms with Gasteiger partial charge in [-0.15, -0.1) is 4.57 Å². The van der Waals surface area contributed by atoms with Crippen LogP contribution in [0, 0.1) is 0 Å². The molecule has 0 unspecified atom stereocenters. The van der Waals surface area contributed by atoms with E-state index in [0.29, 0.717) is 0 Å². The maximum Gasteiger partial charge on any atom is 0.382 e. The Kier molecular flexibility index (Phi) is 1.49. The molecule has 1 aliphatic rings. The van der Waals surface area contributed by atoms with E-state index in [2.05, 4.69) is 27.8 Å². The number of fused-ring (bicyclic) bond motifs is 7. The number of oxazole rings is 1. The summed E-state index contributed by atoms with van der Waals surface area (Å²) in [5.74, 6) is 0.939. The zero-order valence-corrected chi connectivity index (χ0v) is 10.1. The van der Waals surface area contributed by atoms with Crippen molar-refractivity contribution in [3.05, 3.63) is 54.5 Å². The lowest BCUT2D eigenvalue weighted by molar-refractivity contribution is -0.648. The van der Waals surface area contributed by atoms with E-state index < -0.39 is 0 Å². The highest BCUT2D eigenvalue weighted by Gasteiger charge is 2.35. The van der Waals surface area contributed by atoms with E-state index in [1.807, 2.05) is 35.1 Å². The highest BCUT2D eigenvalue weighted by atomic mass is 16.4. The average molecular weight is 248 g/mol. The smallest absolute Gasteiger partial charge is 0.382 e. The summed E-state index contributed by atoms with van der Waals surface area (Å²) in [5, 5.41) is 0. The molecule has 4 heterocycles. The van der Waals surface area contributed by atoms with Crippen molar-refractivity contribution in [2.24, 2.45) is 0 Å². The van der Waals surface area contributed by atoms with Crippen LogP contribution in [-0.2, 0) is 6.54 Å². The van der Waals surface area contributed by atoms with E-state index >= 15 is 0 Å². The van der Waals surface area contributed by atoms with Crippen LogP contribution in [0.1, 0.15) is 5.56 Å². The molecule has 0 fully saturated rings. The predicted molar refractivity (Wildman–Crippen MR) is 69.7 cm³/mol. The summed E-state index contributed by atoms with van der Waals surface area (Å²) in [5.41, 5.74) is 5.40. The zero-order chi connectivity index (χ0) is 12.4. The lowest BCUT2D eigenvalue weighted by Gasteiger charge is -1.89. The van der Waals surface area contributed by atoms with E-state index in [4.69, 9.17) is 4.42 Å². The standard InChI is InChI=1S/C15H10N3O/c1-2-5-11-10(4-1)8-18-13-12(19-15(11)18)9-17-7-3-6-16-14(13)17/h1-7,9H,8H2/q+1. The van der Waals surface area contributed by atoms with E-state index in [-0.39, 0.29) is 0 Å². The molecule has 4 aromatic rings. The molecule has 0 N–H and O–H groups in total. The van der Waals surface area contributed by atoms with E-state index in [0.717, 1.165) is 29.2 Å². The third kappa shape index (κ3) is 1.04. The first-order chi connectivity index (χ1) is 9.42. The maximum atomic E-state index is 6.02. The van der Waals surface area contributed by atoms with Crippen LogP contribution in [0.2, 0.25) is 0 Å². The topological polar surface area (TPSA) is 34.3 Å². The first-order valence-electron chi connectivity index (χ1n) is 6.28. The van der Waals surface area contributed by atoms with Gasteiger partial charge in [-0.3, -0.25) is 4.40 Å². The van der Waals surface area contributed by atoms with Crippen molar-refractivity contribution in [1.29, 1.82) is 0 Å². The number of hydrogen-bond acceptors (Lipinski definition) is 2. The van der Waals surface area contributed by atoms with Gasteiger partial charge in [0.25, 0.3) is 5.52 Å². The van der Waals surface area contributed by atoms with Crippen molar-refractivity contribution >= 4 is 16.7 Å². The van der Waals surface area contributed by atoms with Crippen LogP contribution in [0.4, 0.5) is 0 Å². The number of rotatable bonds is 0. The molecule has 1 aromatic carbocycles. The second-order valence-electron chi connectivity index (χ2n) is 4.84. The Labute approximate surface area is 108 Å². The van der Waals surface area contributed by atoms with Gasteiger partial charge in [-0.25, -0.2) is 4.98 Å². The van der Waals surface area contributed by atoms with Gasteiger partial charge in [0.1, 0.15) is 0 Å². The van der Waals surface area contributed by atoms with Crippen molar-refractivity contribution in [3.63, 3.8) is 0 Å². The van der Waals surface area contributed by atoms with Crippen LogP contribution in [0.25, 0.3) is 28.2 Å². The molecule has 4 nitrogen and oxygen atoms in total. The molecule has 0 spiro atoms. The van der Waals surface area contributed by atoms with Crippen molar-refractivity contribution in [2.45, 2.75) is 6.54 Å². The highest BCUT2D eigenvalue weighted by molar-refractivity contribution is 5.86. The van der Waals surface area contributed by atoms with E-state index in [1.54, 1.807) is 0 Å². The van der Waals surface area contributed by atoms with Crippen LogP contribution in [0.3, 0.4) is 0 Å². The fourth-order valence-electron chi connectivity index (χ4n) is 2.94. The normalized spacial score (nSPS) is 13.1. The van der Waals surface area contributed by atoms with E-state index in [1.165, 1.54) is 11.1 Å². The molecular formula is C15H10N3O+. The van der Waals surface area contributed by atoms with Gasteiger partial charge in [0.15, 0.2) is 6.54 Å². The Balaban J connectivity index is 1.94. The number of aromatic nitrogens is 3. The van der Waals surface area contributed by atoms with Gasteiger partial charge >= 0.3 is 5.89 Å². The fourth-order valence-corrected chi connectivity index (χ4v) is 2.94. The second kappa shape index (κ2) is 3.03. The average Bonchev–Trinajstić information content (AvgIpc) is 3.05. The molecule has 3 aromatic heterocycles. The molecule has 0 bridgehead atoms. The lowest BCUT2D eigenvalue weighted by Crippen LogP contribution is -2.30. The van der Waals surface area contributed by atoms with Crippen molar-refractivity contribution in [1.82, 2.24) is 9.38 Å². The van der Waals surface area contributed by atoms with Crippen LogP contribution in [0.15, 0.2) is 53.3 Å². The van der Waals surface area contributed by atoms with Gasteiger partial charge in [-0.05, 0) is 12.1 Å². The molecule has 0 amide bonds. The quantitative estimate of drug-likeness (QED) is 0.394. The molecule has 0 aliphatic carbocycles. The second-order valence-corrected chi connectivity index (χ2v) is 4.84. The molecule has 0 saturated carbocycles. The molecule has 90 valence electrons. The summed E-state index contributed by atoms with van der Waals surface area (Å²) in [4.78, 5) is 4.46. The van der Waals surface area contributed by atoms with Crippen molar-refractivity contribution < 1.29 is 8.98 Å². The molecule has 0 saturated heterocycles. The molecule has 5 rings (SSSR count). The highest BCUT2D eigenvalue weighted by Crippen LogP contribution is 2.32. The third-order valence-electron chi connectivity index (χ3n) is 3.77. The third-order valence-corrected chi connectivity index (χ3v) is 3.77. The predicted octanol–water partition coefficient (Wildman–Crippen LogP) is 2.40. The van der Waals surface area contributed by atoms with Gasteiger partial charge < -0.3 is 4.42 Å². The summed E-state index contributed by atoms with van der Waals surface area (Å²) in [7, 11) is 0. The molecule has 4 heteroatoms. The number of hydrogen-bond donors (Lipinski definition) is 0. The first-order valence-corrected chi connectivity index (χ1v) is 6.28. The number of benzene rings is 1. The summed E-state index contributed by atoms with van der Waals surface area (Å²) in [6.45, 7) is 0.856. The summed E-state index contributed by atoms with van der Waals surface area (Å²) in [6, 6.07) is 10.3. The van der Waals surface area contributed by atoms with Gasteiger partial charge in [0.05, 0.1) is 11.8 Å². The van der Waals surface area contributed by atoms with Gasteiger partial charge in [-0.1, -0.05) is 18.2 Å². The zero-order valence-electron chi connectivity index (χ0n) is 10.1. The van der Waals surface area contributed by atoms with Gasteiger partial charge in [-0.2, -0.15) is 0 Å². The van der Waals surface area contributed by atoms with Crippen LogP contribution in [-0.4, -0.2) is 9.38 Å². The largest absolute Gasteiger partial charge is 0.396 e. The van der Waals surface area contributed by atoms with Crippen molar-refractivity contribution in [3.8, 4) is 11.5 Å².